The summed E-state index contributed by atoms with van der Waals surface area (Å²) >= 11 is 1.64. The Bertz CT molecular complexity index is 400. The molecule has 2 heterocycles. The van der Waals surface area contributed by atoms with Crippen molar-refractivity contribution in [2.75, 3.05) is 20.1 Å². The number of carbonyl (C=O) groups excluding carboxylic acids is 1. The SMILES string of the molecule is CCc1ccc(C(=O)N2CCCCC2CNC)s1. The number of nitrogens with one attached hydrogen (secondary N) is 1. The number of rotatable bonds is 4. The summed E-state index contributed by atoms with van der Waals surface area (Å²) in [7, 11) is 1.96. The third-order valence-corrected chi connectivity index (χ3v) is 4.77. The Morgan fingerprint density at radius 3 is 3.00 bits per heavy atom. The van der Waals surface area contributed by atoms with Gasteiger partial charge in [0.1, 0.15) is 0 Å². The van der Waals surface area contributed by atoms with Crippen LogP contribution in [0.15, 0.2) is 12.1 Å². The molecule has 1 fully saturated rings. The Kier molecular flexibility index (Phi) is 4.78. The average Bonchev–Trinajstić information content (AvgIpc) is 2.88. The van der Waals surface area contributed by atoms with Crippen molar-refractivity contribution in [3.05, 3.63) is 21.9 Å². The normalized spacial score (nSPS) is 20.1. The molecule has 1 amide bonds. The molecule has 1 aliphatic heterocycles. The molecule has 1 aromatic rings. The van der Waals surface area contributed by atoms with Gasteiger partial charge in [-0.05, 0) is 44.9 Å². The Morgan fingerprint density at radius 2 is 2.33 bits per heavy atom. The lowest BCUT2D eigenvalue weighted by Gasteiger charge is -2.35. The van der Waals surface area contributed by atoms with E-state index < -0.39 is 0 Å². The fraction of sp³-hybridized carbons (Fsp3) is 0.643. The molecule has 0 spiro atoms. The summed E-state index contributed by atoms with van der Waals surface area (Å²) in [6, 6.07) is 4.43. The second-order valence-electron chi connectivity index (χ2n) is 4.83. The first-order valence-electron chi connectivity index (χ1n) is 6.80. The summed E-state index contributed by atoms with van der Waals surface area (Å²) in [6.07, 6.45) is 4.51. The molecule has 100 valence electrons. The van der Waals surface area contributed by atoms with Crippen LogP contribution in [-0.2, 0) is 6.42 Å². The van der Waals surface area contributed by atoms with Gasteiger partial charge in [-0.25, -0.2) is 0 Å². The quantitative estimate of drug-likeness (QED) is 0.908. The van der Waals surface area contributed by atoms with Gasteiger partial charge >= 0.3 is 0 Å². The Hall–Kier alpha value is -0.870. The van der Waals surface area contributed by atoms with Crippen LogP contribution < -0.4 is 5.32 Å². The summed E-state index contributed by atoms with van der Waals surface area (Å²) in [5.74, 6) is 0.222. The van der Waals surface area contributed by atoms with Crippen molar-refractivity contribution in [3.63, 3.8) is 0 Å². The minimum absolute atomic E-state index is 0.222. The number of likely N-dealkylation sites (tertiary alicyclic amines) is 1. The van der Waals surface area contributed by atoms with Gasteiger partial charge in [0.15, 0.2) is 0 Å². The fourth-order valence-corrected chi connectivity index (χ4v) is 3.44. The van der Waals surface area contributed by atoms with Gasteiger partial charge < -0.3 is 10.2 Å². The number of hydrogen-bond acceptors (Lipinski definition) is 3. The summed E-state index contributed by atoms with van der Waals surface area (Å²) in [5, 5.41) is 3.20. The lowest BCUT2D eigenvalue weighted by molar-refractivity contribution is 0.0620. The first-order valence-corrected chi connectivity index (χ1v) is 7.62. The molecule has 3 nitrogen and oxygen atoms in total. The molecule has 1 aromatic heterocycles. The van der Waals surface area contributed by atoms with Crippen LogP contribution in [0.3, 0.4) is 0 Å². The molecule has 0 saturated carbocycles. The maximum absolute atomic E-state index is 12.5. The predicted octanol–water partition coefficient (Wildman–Crippen LogP) is 2.52. The Labute approximate surface area is 113 Å². The maximum Gasteiger partial charge on any atom is 0.264 e. The van der Waals surface area contributed by atoms with Gasteiger partial charge in [-0.1, -0.05) is 6.92 Å². The van der Waals surface area contributed by atoms with Gasteiger partial charge in [0.2, 0.25) is 0 Å². The number of likely N-dealkylation sites (N-methyl/N-ethyl adjacent to an activating group) is 1. The highest BCUT2D eigenvalue weighted by Gasteiger charge is 2.27. The topological polar surface area (TPSA) is 32.3 Å². The molecule has 0 bridgehead atoms. The highest BCUT2D eigenvalue weighted by Crippen LogP contribution is 2.23. The van der Waals surface area contributed by atoms with Gasteiger partial charge in [-0.15, -0.1) is 11.3 Å². The average molecular weight is 266 g/mol. The smallest absolute Gasteiger partial charge is 0.264 e. The minimum atomic E-state index is 0.222. The number of amides is 1. The molecule has 0 aromatic carbocycles. The van der Waals surface area contributed by atoms with Crippen molar-refractivity contribution >= 4 is 17.2 Å². The number of nitrogens with zero attached hydrogens (tertiary/aromatic N) is 1. The monoisotopic (exact) mass is 266 g/mol. The van der Waals surface area contributed by atoms with Crippen LogP contribution in [-0.4, -0.2) is 37.0 Å². The van der Waals surface area contributed by atoms with Crippen LogP contribution in [0.2, 0.25) is 0 Å². The molecule has 18 heavy (non-hydrogen) atoms. The van der Waals surface area contributed by atoms with Gasteiger partial charge in [-0.3, -0.25) is 4.79 Å². The number of carbonyl (C=O) groups is 1. The van der Waals surface area contributed by atoms with Crippen molar-refractivity contribution in [1.29, 1.82) is 0 Å². The van der Waals surface area contributed by atoms with E-state index in [1.54, 1.807) is 11.3 Å². The van der Waals surface area contributed by atoms with Gasteiger partial charge in [0.05, 0.1) is 4.88 Å². The number of aryl methyl sites for hydroxylation is 1. The van der Waals surface area contributed by atoms with Crippen molar-refractivity contribution in [1.82, 2.24) is 10.2 Å². The lowest BCUT2D eigenvalue weighted by atomic mass is 10.0. The Morgan fingerprint density at radius 1 is 1.50 bits per heavy atom. The zero-order chi connectivity index (χ0) is 13.0. The van der Waals surface area contributed by atoms with E-state index in [1.807, 2.05) is 13.1 Å². The molecule has 1 aliphatic rings. The molecule has 1 unspecified atom stereocenters. The van der Waals surface area contributed by atoms with E-state index in [1.165, 1.54) is 11.3 Å². The van der Waals surface area contributed by atoms with Crippen molar-refractivity contribution in [2.24, 2.45) is 0 Å². The van der Waals surface area contributed by atoms with Crippen LogP contribution in [0.4, 0.5) is 0 Å². The maximum atomic E-state index is 12.5. The van der Waals surface area contributed by atoms with Crippen LogP contribution >= 0.6 is 11.3 Å². The third kappa shape index (κ3) is 2.93. The van der Waals surface area contributed by atoms with Crippen molar-refractivity contribution in [3.8, 4) is 0 Å². The Balaban J connectivity index is 2.10. The molecular weight excluding hydrogens is 244 g/mol. The van der Waals surface area contributed by atoms with Gasteiger partial charge in [0.25, 0.3) is 5.91 Å². The molecule has 0 radical (unpaired) electrons. The van der Waals surface area contributed by atoms with E-state index in [9.17, 15) is 4.79 Å². The lowest BCUT2D eigenvalue weighted by Crippen LogP contribution is -2.47. The van der Waals surface area contributed by atoms with E-state index in [0.29, 0.717) is 6.04 Å². The van der Waals surface area contributed by atoms with Crippen LogP contribution in [0.5, 0.6) is 0 Å². The summed E-state index contributed by atoms with van der Waals surface area (Å²) in [5.41, 5.74) is 0. The zero-order valence-corrected chi connectivity index (χ0v) is 12.1. The predicted molar refractivity (Wildman–Crippen MR) is 76.3 cm³/mol. The molecule has 1 N–H and O–H groups in total. The van der Waals surface area contributed by atoms with E-state index in [2.05, 4.69) is 23.2 Å². The minimum Gasteiger partial charge on any atom is -0.334 e. The highest BCUT2D eigenvalue weighted by molar-refractivity contribution is 7.14. The zero-order valence-electron chi connectivity index (χ0n) is 11.2. The van der Waals surface area contributed by atoms with Crippen LogP contribution in [0, 0.1) is 0 Å². The summed E-state index contributed by atoms with van der Waals surface area (Å²) in [6.45, 7) is 3.94. The van der Waals surface area contributed by atoms with Crippen molar-refractivity contribution < 1.29 is 4.79 Å². The van der Waals surface area contributed by atoms with E-state index in [0.717, 1.165) is 37.2 Å². The molecule has 0 aliphatic carbocycles. The largest absolute Gasteiger partial charge is 0.334 e. The molecule has 2 rings (SSSR count). The third-order valence-electron chi connectivity index (χ3n) is 3.55. The highest BCUT2D eigenvalue weighted by atomic mass is 32.1. The standard InChI is InChI=1S/C14H22N2OS/c1-3-12-7-8-13(18-12)14(17)16-9-5-4-6-11(16)10-15-2/h7-8,11,15H,3-6,9-10H2,1-2H3. The van der Waals surface area contributed by atoms with Crippen molar-refractivity contribution in [2.45, 2.75) is 38.6 Å². The van der Waals surface area contributed by atoms with E-state index in [4.69, 9.17) is 0 Å². The molecule has 1 saturated heterocycles. The second kappa shape index (κ2) is 6.34. The number of piperidine rings is 1. The second-order valence-corrected chi connectivity index (χ2v) is 5.99. The van der Waals surface area contributed by atoms with E-state index in [-0.39, 0.29) is 5.91 Å². The molecule has 1 atom stereocenters. The first-order chi connectivity index (χ1) is 8.76. The van der Waals surface area contributed by atoms with Crippen LogP contribution in [0.1, 0.15) is 40.7 Å². The van der Waals surface area contributed by atoms with Gasteiger partial charge in [0, 0.05) is 24.0 Å². The first kappa shape index (κ1) is 13.6. The number of hydrogen-bond donors (Lipinski definition) is 1. The molecule has 4 heteroatoms. The molecular formula is C14H22N2OS. The summed E-state index contributed by atoms with van der Waals surface area (Å²) in [4.78, 5) is 16.8. The van der Waals surface area contributed by atoms with E-state index >= 15 is 0 Å². The summed E-state index contributed by atoms with van der Waals surface area (Å²) < 4.78 is 0. The van der Waals surface area contributed by atoms with Gasteiger partial charge in [-0.2, -0.15) is 0 Å². The fourth-order valence-electron chi connectivity index (χ4n) is 2.54. The number of thiophene rings is 1. The van der Waals surface area contributed by atoms with Crippen LogP contribution in [0.25, 0.3) is 0 Å².